The van der Waals surface area contributed by atoms with Crippen molar-refractivity contribution < 1.29 is 0 Å². The first-order chi connectivity index (χ1) is 5.74. The molecule has 5 N–H and O–H groups in total. The Morgan fingerprint density at radius 3 is 2.75 bits per heavy atom. The van der Waals surface area contributed by atoms with Gasteiger partial charge in [0, 0.05) is 6.21 Å². The molecule has 0 fully saturated rings. The second kappa shape index (κ2) is 3.52. The first-order valence-corrected chi connectivity index (χ1v) is 3.42. The molecule has 4 nitrogen and oxygen atoms in total. The lowest BCUT2D eigenvalue weighted by Gasteiger charge is -1.98. The van der Waals surface area contributed by atoms with Gasteiger partial charge in [-0.05, 0) is 18.2 Å². The number of aromatic nitrogens is 1. The summed E-state index contributed by atoms with van der Waals surface area (Å²) in [5, 5.41) is 6.79. The fraction of sp³-hybridized carbons (Fsp3) is 0. The summed E-state index contributed by atoms with van der Waals surface area (Å²) in [6, 6.07) is 3.43. The molecule has 0 saturated heterocycles. The fourth-order valence-electron chi connectivity index (χ4n) is 0.751. The number of pyridine rings is 1. The summed E-state index contributed by atoms with van der Waals surface area (Å²) in [6.45, 7) is 0. The molecule has 0 atom stereocenters. The van der Waals surface area contributed by atoms with Crippen molar-refractivity contribution in [3.05, 3.63) is 30.1 Å². The van der Waals surface area contributed by atoms with Gasteiger partial charge in [0.2, 0.25) is 0 Å². The number of nitrogens with one attached hydrogen (secondary N) is 1. The van der Waals surface area contributed by atoms with Crippen molar-refractivity contribution in [1.29, 1.82) is 5.41 Å². The van der Waals surface area contributed by atoms with E-state index in [1.165, 1.54) is 12.3 Å². The molecule has 0 aromatic carbocycles. The van der Waals surface area contributed by atoms with E-state index in [2.05, 4.69) is 4.98 Å². The molecule has 0 unspecified atom stereocenters. The molecule has 4 heteroatoms. The Kier molecular flexibility index (Phi) is 2.42. The maximum Gasteiger partial charge on any atom is 0.0861 e. The third kappa shape index (κ3) is 1.82. The van der Waals surface area contributed by atoms with E-state index in [4.69, 9.17) is 16.9 Å². The van der Waals surface area contributed by atoms with Crippen molar-refractivity contribution in [1.82, 2.24) is 4.98 Å². The molecule has 0 radical (unpaired) electrons. The highest BCUT2D eigenvalue weighted by atomic mass is 14.8. The summed E-state index contributed by atoms with van der Waals surface area (Å²) < 4.78 is 0. The number of nitrogen functional groups attached to an aromatic ring is 1. The number of hydrogen-bond acceptors (Lipinski definition) is 4. The van der Waals surface area contributed by atoms with Crippen molar-refractivity contribution >= 4 is 17.6 Å². The van der Waals surface area contributed by atoms with Gasteiger partial charge >= 0.3 is 0 Å². The van der Waals surface area contributed by atoms with Crippen LogP contribution in [0, 0.1) is 5.41 Å². The standard InChI is InChI=1S/C8H10N4/c9-4-3-7(11)8-2-1-6(10)5-12-8/h1-5,9H,10-11H2/b7-3-,9-4?. The molecule has 0 amide bonds. The molecular formula is C8H10N4. The van der Waals surface area contributed by atoms with Gasteiger partial charge in [-0.1, -0.05) is 0 Å². The van der Waals surface area contributed by atoms with Gasteiger partial charge in [-0.15, -0.1) is 0 Å². The lowest BCUT2D eigenvalue weighted by Crippen LogP contribution is -1.99. The van der Waals surface area contributed by atoms with E-state index in [1.54, 1.807) is 12.1 Å². The summed E-state index contributed by atoms with van der Waals surface area (Å²) in [5.41, 5.74) is 12.7. The van der Waals surface area contributed by atoms with Gasteiger partial charge in [-0.2, -0.15) is 0 Å². The summed E-state index contributed by atoms with van der Waals surface area (Å²) >= 11 is 0. The molecule has 0 aliphatic rings. The smallest absolute Gasteiger partial charge is 0.0861 e. The lowest BCUT2D eigenvalue weighted by molar-refractivity contribution is 1.26. The van der Waals surface area contributed by atoms with E-state index in [9.17, 15) is 0 Å². The maximum atomic E-state index is 6.79. The Morgan fingerprint density at radius 2 is 2.25 bits per heavy atom. The predicted molar refractivity (Wildman–Crippen MR) is 49.6 cm³/mol. The monoisotopic (exact) mass is 162 g/mol. The highest BCUT2D eigenvalue weighted by Gasteiger charge is 1.95. The van der Waals surface area contributed by atoms with Crippen LogP contribution in [-0.2, 0) is 0 Å². The van der Waals surface area contributed by atoms with Gasteiger partial charge in [0.1, 0.15) is 0 Å². The quantitative estimate of drug-likeness (QED) is 0.557. The number of hydrogen-bond donors (Lipinski definition) is 3. The van der Waals surface area contributed by atoms with Crippen LogP contribution < -0.4 is 11.5 Å². The first-order valence-electron chi connectivity index (χ1n) is 3.42. The molecule has 1 rings (SSSR count). The van der Waals surface area contributed by atoms with Crippen LogP contribution in [0.5, 0.6) is 0 Å². The minimum Gasteiger partial charge on any atom is -0.397 e. The molecule has 0 saturated carbocycles. The molecule has 1 aromatic heterocycles. The number of allylic oxidation sites excluding steroid dienone is 1. The van der Waals surface area contributed by atoms with E-state index in [0.29, 0.717) is 17.1 Å². The maximum absolute atomic E-state index is 6.79. The lowest BCUT2D eigenvalue weighted by atomic mass is 10.2. The average Bonchev–Trinajstić information content (AvgIpc) is 2.06. The van der Waals surface area contributed by atoms with Crippen LogP contribution in [0.2, 0.25) is 0 Å². The zero-order chi connectivity index (χ0) is 8.97. The van der Waals surface area contributed by atoms with Crippen LogP contribution in [-0.4, -0.2) is 11.2 Å². The van der Waals surface area contributed by atoms with Crippen molar-refractivity contribution in [2.75, 3.05) is 5.73 Å². The van der Waals surface area contributed by atoms with E-state index < -0.39 is 0 Å². The Balaban J connectivity index is 2.97. The Hall–Kier alpha value is -1.84. The predicted octanol–water partition coefficient (Wildman–Crippen LogP) is 0.613. The van der Waals surface area contributed by atoms with Gasteiger partial charge in [0.15, 0.2) is 0 Å². The first kappa shape index (κ1) is 8.26. The minimum absolute atomic E-state index is 0.463. The van der Waals surface area contributed by atoms with Crippen LogP contribution in [0.4, 0.5) is 5.69 Å². The second-order valence-electron chi connectivity index (χ2n) is 2.27. The number of rotatable bonds is 2. The highest BCUT2D eigenvalue weighted by Crippen LogP contribution is 2.06. The molecular weight excluding hydrogens is 152 g/mol. The average molecular weight is 162 g/mol. The number of nitrogens with two attached hydrogens (primary N) is 2. The van der Waals surface area contributed by atoms with Gasteiger partial charge in [-0.3, -0.25) is 4.98 Å². The van der Waals surface area contributed by atoms with Gasteiger partial charge in [0.05, 0.1) is 23.3 Å². The molecule has 1 heterocycles. The SMILES string of the molecule is N=C/C=C(\N)c1ccc(N)cn1. The number of nitrogens with zero attached hydrogens (tertiary/aromatic N) is 1. The third-order valence-corrected chi connectivity index (χ3v) is 1.35. The zero-order valence-electron chi connectivity index (χ0n) is 6.49. The highest BCUT2D eigenvalue weighted by molar-refractivity contribution is 5.80. The number of anilines is 1. The van der Waals surface area contributed by atoms with Crippen molar-refractivity contribution in [2.24, 2.45) is 5.73 Å². The molecule has 0 bridgehead atoms. The van der Waals surface area contributed by atoms with Crippen LogP contribution in [0.1, 0.15) is 5.69 Å². The summed E-state index contributed by atoms with van der Waals surface area (Å²) in [6.07, 6.45) is 4.12. The van der Waals surface area contributed by atoms with E-state index in [0.717, 1.165) is 6.21 Å². The fourth-order valence-corrected chi connectivity index (χ4v) is 0.751. The zero-order valence-corrected chi connectivity index (χ0v) is 6.49. The molecule has 0 spiro atoms. The van der Waals surface area contributed by atoms with Gasteiger partial charge in [0.25, 0.3) is 0 Å². The summed E-state index contributed by atoms with van der Waals surface area (Å²) in [5.74, 6) is 0. The van der Waals surface area contributed by atoms with Crippen LogP contribution in [0.25, 0.3) is 5.70 Å². The second-order valence-corrected chi connectivity index (χ2v) is 2.27. The molecule has 0 aliphatic heterocycles. The van der Waals surface area contributed by atoms with Crippen LogP contribution >= 0.6 is 0 Å². The van der Waals surface area contributed by atoms with E-state index in [1.807, 2.05) is 0 Å². The molecule has 0 aliphatic carbocycles. The van der Waals surface area contributed by atoms with Gasteiger partial charge < -0.3 is 16.9 Å². The van der Waals surface area contributed by atoms with E-state index in [-0.39, 0.29) is 0 Å². The Labute approximate surface area is 70.4 Å². The molecule has 62 valence electrons. The van der Waals surface area contributed by atoms with Crippen molar-refractivity contribution in [3.63, 3.8) is 0 Å². The summed E-state index contributed by atoms with van der Waals surface area (Å²) in [7, 11) is 0. The van der Waals surface area contributed by atoms with Gasteiger partial charge in [-0.25, -0.2) is 0 Å². The van der Waals surface area contributed by atoms with Crippen molar-refractivity contribution in [2.45, 2.75) is 0 Å². The van der Waals surface area contributed by atoms with Crippen LogP contribution in [0.3, 0.4) is 0 Å². The van der Waals surface area contributed by atoms with Crippen molar-refractivity contribution in [3.8, 4) is 0 Å². The Bertz CT molecular complexity index is 299. The topological polar surface area (TPSA) is 88.8 Å². The Morgan fingerprint density at radius 1 is 1.50 bits per heavy atom. The molecule has 1 aromatic rings. The minimum atomic E-state index is 0.463. The summed E-state index contributed by atoms with van der Waals surface area (Å²) in [4.78, 5) is 3.98. The normalized spacial score (nSPS) is 11.2. The molecule has 12 heavy (non-hydrogen) atoms. The largest absolute Gasteiger partial charge is 0.397 e. The van der Waals surface area contributed by atoms with Crippen LogP contribution in [0.15, 0.2) is 24.4 Å². The third-order valence-electron chi connectivity index (χ3n) is 1.35. The van der Waals surface area contributed by atoms with E-state index >= 15 is 0 Å².